The zero-order valence-corrected chi connectivity index (χ0v) is 19.0. The van der Waals surface area contributed by atoms with Crippen LogP contribution in [-0.4, -0.2) is 26.1 Å². The zero-order chi connectivity index (χ0) is 21.6. The normalized spacial score (nSPS) is 11.2. The highest BCUT2D eigenvalue weighted by molar-refractivity contribution is 9.10. The molecule has 3 heterocycles. The number of hydrogen-bond acceptors (Lipinski definition) is 5. The van der Waals surface area contributed by atoms with Crippen molar-refractivity contribution in [3.8, 4) is 10.4 Å². The second-order valence-corrected chi connectivity index (χ2v) is 9.08. The predicted octanol–water partition coefficient (Wildman–Crippen LogP) is 4.92. The van der Waals surface area contributed by atoms with Gasteiger partial charge in [0.15, 0.2) is 11.6 Å². The molecule has 0 aliphatic carbocycles. The molecule has 4 aromatic rings. The van der Waals surface area contributed by atoms with E-state index in [2.05, 4.69) is 25.9 Å². The summed E-state index contributed by atoms with van der Waals surface area (Å²) in [7, 11) is 0. The first kappa shape index (κ1) is 20.4. The summed E-state index contributed by atoms with van der Waals surface area (Å²) in [5.41, 5.74) is 3.50. The fourth-order valence-corrected chi connectivity index (χ4v) is 4.93. The summed E-state index contributed by atoms with van der Waals surface area (Å²) in [5.74, 6) is -0.365. The van der Waals surface area contributed by atoms with Crippen LogP contribution in [0.15, 0.2) is 45.9 Å². The van der Waals surface area contributed by atoms with Crippen LogP contribution in [0, 0.1) is 13.8 Å². The van der Waals surface area contributed by atoms with Gasteiger partial charge in [-0.25, -0.2) is 4.98 Å². The maximum absolute atomic E-state index is 13.0. The van der Waals surface area contributed by atoms with E-state index in [0.29, 0.717) is 32.7 Å². The number of thiophene rings is 1. The molecule has 30 heavy (non-hydrogen) atoms. The first-order valence-corrected chi connectivity index (χ1v) is 10.9. The average molecular weight is 484 g/mol. The van der Waals surface area contributed by atoms with Crippen molar-refractivity contribution in [2.24, 2.45) is 0 Å². The average Bonchev–Trinajstić information content (AvgIpc) is 3.26. The van der Waals surface area contributed by atoms with Gasteiger partial charge in [-0.3, -0.25) is 19.0 Å². The molecule has 3 aromatic heterocycles. The van der Waals surface area contributed by atoms with Gasteiger partial charge in [-0.05, 0) is 50.1 Å². The van der Waals surface area contributed by atoms with Crippen molar-refractivity contribution in [1.29, 1.82) is 0 Å². The number of fused-ring (bicyclic) bond motifs is 1. The third kappa shape index (κ3) is 3.57. The van der Waals surface area contributed by atoms with Gasteiger partial charge >= 0.3 is 0 Å². The van der Waals surface area contributed by atoms with E-state index in [-0.39, 0.29) is 23.7 Å². The highest BCUT2D eigenvalue weighted by Gasteiger charge is 2.21. The van der Waals surface area contributed by atoms with E-state index in [1.165, 1.54) is 29.2 Å². The molecule has 8 heteroatoms. The number of H-pyrrole nitrogens is 1. The number of carbonyl (C=O) groups is 2. The van der Waals surface area contributed by atoms with Gasteiger partial charge in [0, 0.05) is 20.6 Å². The number of nitrogens with one attached hydrogen (secondary N) is 1. The van der Waals surface area contributed by atoms with Gasteiger partial charge in [0.1, 0.15) is 4.70 Å². The lowest BCUT2D eigenvalue weighted by Crippen LogP contribution is -2.24. The number of halogens is 1. The minimum Gasteiger partial charge on any atom is -0.355 e. The molecule has 0 atom stereocenters. The summed E-state index contributed by atoms with van der Waals surface area (Å²) in [6, 6.07) is 9.72. The summed E-state index contributed by atoms with van der Waals surface area (Å²) in [5, 5.41) is 0. The number of aromatic amines is 1. The number of hydrogen-bond donors (Lipinski definition) is 1. The Bertz CT molecular complexity index is 1360. The number of ketones is 2. The largest absolute Gasteiger partial charge is 0.355 e. The van der Waals surface area contributed by atoms with Crippen LogP contribution < -0.4 is 5.56 Å². The third-order valence-corrected chi connectivity index (χ3v) is 6.70. The van der Waals surface area contributed by atoms with Crippen molar-refractivity contribution in [2.45, 2.75) is 27.3 Å². The van der Waals surface area contributed by atoms with E-state index in [9.17, 15) is 14.4 Å². The van der Waals surface area contributed by atoms with Crippen molar-refractivity contribution >= 4 is 49.0 Å². The second kappa shape index (κ2) is 7.77. The standard InChI is InChI=1S/C22H18BrN3O3S/c1-11-19(13(3)27)12(2)25-20(11)17(28)9-26-10-24-16-8-18(30-21(16)22(26)29)14-4-6-15(23)7-5-14/h4-8,10,25H,9H2,1-3H3. The van der Waals surface area contributed by atoms with E-state index in [1.54, 1.807) is 13.8 Å². The monoisotopic (exact) mass is 483 g/mol. The maximum atomic E-state index is 13.0. The lowest BCUT2D eigenvalue weighted by atomic mass is 10.1. The molecule has 0 aliphatic rings. The number of rotatable bonds is 5. The van der Waals surface area contributed by atoms with Crippen LogP contribution in [0.1, 0.15) is 39.0 Å². The van der Waals surface area contributed by atoms with E-state index in [4.69, 9.17) is 0 Å². The summed E-state index contributed by atoms with van der Waals surface area (Å²) in [4.78, 5) is 45.9. The Morgan fingerprint density at radius 2 is 1.90 bits per heavy atom. The molecule has 0 fully saturated rings. The lowest BCUT2D eigenvalue weighted by Gasteiger charge is -2.04. The molecule has 0 unspecified atom stereocenters. The Morgan fingerprint density at radius 1 is 1.20 bits per heavy atom. The van der Waals surface area contributed by atoms with Crippen LogP contribution in [-0.2, 0) is 6.54 Å². The molecule has 4 rings (SSSR count). The van der Waals surface area contributed by atoms with Crippen LogP contribution in [0.4, 0.5) is 0 Å². The molecule has 0 saturated carbocycles. The maximum Gasteiger partial charge on any atom is 0.271 e. The quantitative estimate of drug-likeness (QED) is 0.408. The van der Waals surface area contributed by atoms with Gasteiger partial charge in [0.05, 0.1) is 24.1 Å². The number of benzene rings is 1. The van der Waals surface area contributed by atoms with E-state index >= 15 is 0 Å². The highest BCUT2D eigenvalue weighted by atomic mass is 79.9. The predicted molar refractivity (Wildman–Crippen MR) is 122 cm³/mol. The minimum absolute atomic E-state index is 0.0976. The van der Waals surface area contributed by atoms with Gasteiger partial charge in [-0.15, -0.1) is 11.3 Å². The van der Waals surface area contributed by atoms with Crippen LogP contribution in [0.2, 0.25) is 0 Å². The topological polar surface area (TPSA) is 84.8 Å². The van der Waals surface area contributed by atoms with Gasteiger partial charge < -0.3 is 4.98 Å². The van der Waals surface area contributed by atoms with Crippen LogP contribution >= 0.6 is 27.3 Å². The van der Waals surface area contributed by atoms with Crippen molar-refractivity contribution in [3.63, 3.8) is 0 Å². The summed E-state index contributed by atoms with van der Waals surface area (Å²) in [6.45, 7) is 4.82. The third-order valence-electron chi connectivity index (χ3n) is 5.01. The molecule has 152 valence electrons. The number of nitrogens with zero attached hydrogens (tertiary/aromatic N) is 2. The first-order valence-electron chi connectivity index (χ1n) is 9.24. The van der Waals surface area contributed by atoms with E-state index < -0.39 is 0 Å². The fourth-order valence-electron chi connectivity index (χ4n) is 3.61. The smallest absolute Gasteiger partial charge is 0.271 e. The van der Waals surface area contributed by atoms with E-state index in [1.807, 2.05) is 30.3 Å². The number of Topliss-reactive ketones (excluding diaryl/α,β-unsaturated/α-hetero) is 2. The fraction of sp³-hybridized carbons (Fsp3) is 0.182. The van der Waals surface area contributed by atoms with Crippen LogP contribution in [0.25, 0.3) is 20.7 Å². The molecular weight excluding hydrogens is 466 g/mol. The van der Waals surface area contributed by atoms with Crippen molar-refractivity contribution in [1.82, 2.24) is 14.5 Å². The molecule has 0 saturated heterocycles. The van der Waals surface area contributed by atoms with Crippen molar-refractivity contribution in [2.75, 3.05) is 0 Å². The molecule has 0 bridgehead atoms. The number of carbonyl (C=O) groups excluding carboxylic acids is 2. The van der Waals surface area contributed by atoms with Gasteiger partial charge in [-0.2, -0.15) is 0 Å². The molecule has 0 amide bonds. The molecular formula is C22H18BrN3O3S. The second-order valence-electron chi connectivity index (χ2n) is 7.11. The molecule has 6 nitrogen and oxygen atoms in total. The first-order chi connectivity index (χ1) is 14.3. The van der Waals surface area contributed by atoms with Crippen LogP contribution in [0.5, 0.6) is 0 Å². The number of aromatic nitrogens is 3. The lowest BCUT2D eigenvalue weighted by molar-refractivity contribution is 0.0965. The molecule has 1 N–H and O–H groups in total. The molecule has 0 spiro atoms. The summed E-state index contributed by atoms with van der Waals surface area (Å²) < 4.78 is 2.80. The summed E-state index contributed by atoms with van der Waals surface area (Å²) in [6.07, 6.45) is 1.40. The minimum atomic E-state index is -0.268. The van der Waals surface area contributed by atoms with Crippen molar-refractivity contribution < 1.29 is 9.59 Å². The molecule has 0 radical (unpaired) electrons. The van der Waals surface area contributed by atoms with Crippen LogP contribution in [0.3, 0.4) is 0 Å². The summed E-state index contributed by atoms with van der Waals surface area (Å²) >= 11 is 4.78. The van der Waals surface area contributed by atoms with Gasteiger partial charge in [-0.1, -0.05) is 28.1 Å². The zero-order valence-electron chi connectivity index (χ0n) is 16.6. The molecule has 0 aliphatic heterocycles. The Balaban J connectivity index is 1.69. The Kier molecular flexibility index (Phi) is 5.29. The van der Waals surface area contributed by atoms with E-state index in [0.717, 1.165) is 14.9 Å². The Labute approximate surface area is 184 Å². The SMILES string of the molecule is CC(=O)c1c(C)[nH]c(C(=O)Cn2cnc3cc(-c4ccc(Br)cc4)sc3c2=O)c1C. The van der Waals surface area contributed by atoms with Gasteiger partial charge in [0.2, 0.25) is 0 Å². The van der Waals surface area contributed by atoms with Crippen molar-refractivity contribution in [3.05, 3.63) is 74.0 Å². The van der Waals surface area contributed by atoms with Gasteiger partial charge in [0.25, 0.3) is 5.56 Å². The Hall–Kier alpha value is -2.84. The highest BCUT2D eigenvalue weighted by Crippen LogP contribution is 2.31. The number of aryl methyl sites for hydroxylation is 1. The molecule has 1 aromatic carbocycles. The Morgan fingerprint density at radius 3 is 2.53 bits per heavy atom.